The number of aliphatic hydroxyl groups is 1. The van der Waals surface area contributed by atoms with E-state index in [0.29, 0.717) is 21.9 Å². The number of allylic oxidation sites excluding steroid dienone is 1. The summed E-state index contributed by atoms with van der Waals surface area (Å²) in [6, 6.07) is 12.8. The van der Waals surface area contributed by atoms with Crippen LogP contribution in [0.4, 0.5) is 0 Å². The standard InChI is InChI=1S/C26H28ClNO7/c1-15(29)28-22-23(31)24-21(14-32-26(2,3)35-24)34-25(22)33-20-7-5-4-6-17(20)10-13-19(30)16-8-11-18(27)12-9-16/h4-13,21-25,31H,14H2,1-3H3,(H,28,29)/b13-10+. The van der Waals surface area contributed by atoms with Crippen LogP contribution < -0.4 is 10.1 Å². The zero-order chi connectivity index (χ0) is 25.2. The number of para-hydroxylation sites is 1. The van der Waals surface area contributed by atoms with Gasteiger partial charge in [0, 0.05) is 23.1 Å². The third-order valence-corrected chi connectivity index (χ3v) is 6.02. The minimum Gasteiger partial charge on any atom is -0.462 e. The average molecular weight is 502 g/mol. The Hall–Kier alpha value is -2.75. The van der Waals surface area contributed by atoms with Crippen molar-refractivity contribution < 1.29 is 33.6 Å². The van der Waals surface area contributed by atoms with Crippen LogP contribution in [0.2, 0.25) is 5.02 Å². The van der Waals surface area contributed by atoms with Gasteiger partial charge in [0.25, 0.3) is 0 Å². The van der Waals surface area contributed by atoms with Crippen molar-refractivity contribution in [2.45, 2.75) is 57.2 Å². The molecule has 9 heteroatoms. The molecule has 0 bridgehead atoms. The Labute approximate surface area is 208 Å². The van der Waals surface area contributed by atoms with Gasteiger partial charge in [-0.15, -0.1) is 0 Å². The maximum Gasteiger partial charge on any atom is 0.223 e. The zero-order valence-corrected chi connectivity index (χ0v) is 20.4. The molecule has 2 saturated heterocycles. The molecule has 0 radical (unpaired) electrons. The second kappa shape index (κ2) is 10.5. The van der Waals surface area contributed by atoms with Crippen molar-refractivity contribution in [1.82, 2.24) is 5.32 Å². The number of rotatable bonds is 6. The SMILES string of the molecule is CC(=O)NC1C(Oc2ccccc2/C=C/C(=O)c2ccc(Cl)cc2)OC2COC(C)(C)OC2C1O. The van der Waals surface area contributed by atoms with E-state index in [2.05, 4.69) is 5.32 Å². The van der Waals surface area contributed by atoms with Gasteiger partial charge in [0.15, 0.2) is 11.6 Å². The predicted molar refractivity (Wildman–Crippen MR) is 129 cm³/mol. The molecule has 1 amide bonds. The average Bonchev–Trinajstić information content (AvgIpc) is 2.81. The fourth-order valence-corrected chi connectivity index (χ4v) is 4.19. The molecule has 2 aromatic rings. The Morgan fingerprint density at radius 1 is 1.17 bits per heavy atom. The third-order valence-electron chi connectivity index (χ3n) is 5.76. The summed E-state index contributed by atoms with van der Waals surface area (Å²) in [6.07, 6.45) is -0.347. The van der Waals surface area contributed by atoms with Crippen LogP contribution in [0, 0.1) is 0 Å². The van der Waals surface area contributed by atoms with Gasteiger partial charge in [-0.1, -0.05) is 29.8 Å². The van der Waals surface area contributed by atoms with Gasteiger partial charge < -0.3 is 29.4 Å². The molecule has 4 rings (SSSR count). The van der Waals surface area contributed by atoms with Gasteiger partial charge in [0.2, 0.25) is 12.2 Å². The molecular weight excluding hydrogens is 474 g/mol. The van der Waals surface area contributed by atoms with E-state index in [1.807, 2.05) is 6.07 Å². The van der Waals surface area contributed by atoms with Crippen LogP contribution >= 0.6 is 11.6 Å². The van der Waals surface area contributed by atoms with Gasteiger partial charge in [-0.25, -0.2) is 0 Å². The van der Waals surface area contributed by atoms with Gasteiger partial charge >= 0.3 is 0 Å². The highest BCUT2D eigenvalue weighted by atomic mass is 35.5. The highest BCUT2D eigenvalue weighted by molar-refractivity contribution is 6.30. The second-order valence-corrected chi connectivity index (χ2v) is 9.35. The lowest BCUT2D eigenvalue weighted by Crippen LogP contribution is -2.69. The number of halogens is 1. The van der Waals surface area contributed by atoms with Gasteiger partial charge in [0.05, 0.1) is 6.61 Å². The van der Waals surface area contributed by atoms with Crippen LogP contribution in [0.5, 0.6) is 5.75 Å². The van der Waals surface area contributed by atoms with Gasteiger partial charge in [0.1, 0.15) is 30.1 Å². The van der Waals surface area contributed by atoms with E-state index in [1.54, 1.807) is 62.4 Å². The number of carbonyl (C=O) groups is 2. The monoisotopic (exact) mass is 501 g/mol. The molecule has 0 spiro atoms. The highest BCUT2D eigenvalue weighted by Crippen LogP contribution is 2.34. The number of ketones is 1. The van der Waals surface area contributed by atoms with Crippen LogP contribution in [0.3, 0.4) is 0 Å². The topological polar surface area (TPSA) is 103 Å². The molecule has 0 aromatic heterocycles. The van der Waals surface area contributed by atoms with E-state index in [4.69, 9.17) is 30.5 Å². The number of amides is 1. The first-order chi connectivity index (χ1) is 16.6. The van der Waals surface area contributed by atoms with Crippen LogP contribution in [-0.2, 0) is 19.0 Å². The van der Waals surface area contributed by atoms with Crippen molar-refractivity contribution in [2.75, 3.05) is 6.61 Å². The molecule has 0 saturated carbocycles. The van der Waals surface area contributed by atoms with Crippen molar-refractivity contribution >= 4 is 29.4 Å². The molecule has 2 heterocycles. The maximum atomic E-state index is 12.6. The minimum absolute atomic E-state index is 0.193. The van der Waals surface area contributed by atoms with Crippen molar-refractivity contribution in [3.05, 3.63) is 70.8 Å². The molecule has 0 aliphatic carbocycles. The third kappa shape index (κ3) is 6.09. The number of nitrogens with one attached hydrogen (secondary N) is 1. The Morgan fingerprint density at radius 3 is 2.60 bits per heavy atom. The number of benzene rings is 2. The van der Waals surface area contributed by atoms with Crippen molar-refractivity contribution in [2.24, 2.45) is 0 Å². The summed E-state index contributed by atoms with van der Waals surface area (Å²) in [7, 11) is 0. The molecule has 2 aliphatic heterocycles. The summed E-state index contributed by atoms with van der Waals surface area (Å²) >= 11 is 5.90. The molecule has 2 fully saturated rings. The number of ether oxygens (including phenoxy) is 4. The summed E-state index contributed by atoms with van der Waals surface area (Å²) in [5.41, 5.74) is 1.12. The maximum absolute atomic E-state index is 12.6. The first kappa shape index (κ1) is 25.3. The summed E-state index contributed by atoms with van der Waals surface area (Å²) in [4.78, 5) is 24.4. The van der Waals surface area contributed by atoms with E-state index < -0.39 is 36.4 Å². The Morgan fingerprint density at radius 2 is 1.89 bits per heavy atom. The van der Waals surface area contributed by atoms with E-state index in [1.165, 1.54) is 13.0 Å². The van der Waals surface area contributed by atoms with Crippen LogP contribution in [0.25, 0.3) is 6.08 Å². The smallest absolute Gasteiger partial charge is 0.223 e. The first-order valence-corrected chi connectivity index (χ1v) is 11.7. The Balaban J connectivity index is 1.55. The first-order valence-electron chi connectivity index (χ1n) is 11.3. The summed E-state index contributed by atoms with van der Waals surface area (Å²) in [5, 5.41) is 14.3. The molecule has 2 N–H and O–H groups in total. The zero-order valence-electron chi connectivity index (χ0n) is 19.6. The molecule has 5 atom stereocenters. The second-order valence-electron chi connectivity index (χ2n) is 8.91. The van der Waals surface area contributed by atoms with Crippen LogP contribution in [-0.4, -0.2) is 59.8 Å². The van der Waals surface area contributed by atoms with Gasteiger partial charge in [-0.3, -0.25) is 9.59 Å². The molecule has 2 aromatic carbocycles. The van der Waals surface area contributed by atoms with E-state index in [9.17, 15) is 14.7 Å². The minimum atomic E-state index is -1.10. The highest BCUT2D eigenvalue weighted by Gasteiger charge is 2.52. The summed E-state index contributed by atoms with van der Waals surface area (Å²) < 4.78 is 23.8. The number of hydrogen-bond donors (Lipinski definition) is 2. The quantitative estimate of drug-likeness (QED) is 0.462. The summed E-state index contributed by atoms with van der Waals surface area (Å²) in [6.45, 7) is 5.04. The molecule has 8 nitrogen and oxygen atoms in total. The van der Waals surface area contributed by atoms with Crippen LogP contribution in [0.15, 0.2) is 54.6 Å². The van der Waals surface area contributed by atoms with E-state index in [0.717, 1.165) is 0 Å². The normalized spacial score (nSPS) is 27.7. The Kier molecular flexibility index (Phi) is 7.59. The van der Waals surface area contributed by atoms with Crippen LogP contribution in [0.1, 0.15) is 36.7 Å². The predicted octanol–water partition coefficient (Wildman–Crippen LogP) is 3.36. The molecular formula is C26H28ClNO7. The molecule has 2 aliphatic rings. The lowest BCUT2D eigenvalue weighted by atomic mass is 9.95. The lowest BCUT2D eigenvalue weighted by Gasteiger charge is -2.49. The van der Waals surface area contributed by atoms with E-state index in [-0.39, 0.29) is 18.3 Å². The molecule has 5 unspecified atom stereocenters. The Bertz CT molecular complexity index is 1100. The van der Waals surface area contributed by atoms with Gasteiger partial charge in [-0.2, -0.15) is 0 Å². The molecule has 186 valence electrons. The fourth-order valence-electron chi connectivity index (χ4n) is 4.06. The van der Waals surface area contributed by atoms with Crippen molar-refractivity contribution in [1.29, 1.82) is 0 Å². The molecule has 35 heavy (non-hydrogen) atoms. The largest absolute Gasteiger partial charge is 0.462 e. The lowest BCUT2D eigenvalue weighted by molar-refractivity contribution is -0.361. The fraction of sp³-hybridized carbons (Fsp3) is 0.385. The number of aliphatic hydroxyl groups excluding tert-OH is 1. The van der Waals surface area contributed by atoms with Crippen molar-refractivity contribution in [3.63, 3.8) is 0 Å². The number of carbonyl (C=O) groups excluding carboxylic acids is 2. The number of hydrogen-bond acceptors (Lipinski definition) is 7. The summed E-state index contributed by atoms with van der Waals surface area (Å²) in [5.74, 6) is -1.03. The van der Waals surface area contributed by atoms with Crippen molar-refractivity contribution in [3.8, 4) is 5.75 Å². The number of fused-ring (bicyclic) bond motifs is 1. The van der Waals surface area contributed by atoms with E-state index >= 15 is 0 Å². The van der Waals surface area contributed by atoms with Gasteiger partial charge in [-0.05, 0) is 56.3 Å².